The summed E-state index contributed by atoms with van der Waals surface area (Å²) in [5, 5.41) is 0. The Morgan fingerprint density at radius 2 is 1.96 bits per heavy atom. The Morgan fingerprint density at radius 3 is 2.67 bits per heavy atom. The van der Waals surface area contributed by atoms with Gasteiger partial charge in [0.15, 0.2) is 0 Å². The number of thioether (sulfide) groups is 1. The second-order valence-electron chi connectivity index (χ2n) is 7.18. The van der Waals surface area contributed by atoms with Crippen molar-refractivity contribution in [2.75, 3.05) is 23.7 Å². The summed E-state index contributed by atoms with van der Waals surface area (Å²) in [5.41, 5.74) is 5.97. The van der Waals surface area contributed by atoms with E-state index in [-0.39, 0.29) is 13.0 Å². The number of rotatable bonds is 4. The highest BCUT2D eigenvalue weighted by atomic mass is 32.2. The van der Waals surface area contributed by atoms with E-state index in [2.05, 4.69) is 44.0 Å². The highest BCUT2D eigenvalue weighted by Gasteiger charge is 2.39. The number of aromatic nitrogens is 2. The monoisotopic (exact) mass is 387 g/mol. The molecule has 6 heteroatoms. The zero-order chi connectivity index (χ0) is 19.2. The van der Waals surface area contributed by atoms with E-state index in [0.717, 1.165) is 38.8 Å². The zero-order valence-corrected chi connectivity index (χ0v) is 16.6. The van der Waals surface area contributed by atoms with Crippen LogP contribution in [0.25, 0.3) is 22.4 Å². The number of nitrogens with one attached hydrogen (secondary N) is 1. The van der Waals surface area contributed by atoms with Gasteiger partial charge in [-0.15, -0.1) is 11.8 Å². The maximum absolute atomic E-state index is 13.8. The summed E-state index contributed by atoms with van der Waals surface area (Å²) in [6.07, 6.45) is -0.101. The summed E-state index contributed by atoms with van der Waals surface area (Å²) in [6.45, 7) is 6.37. The molecule has 0 atom stereocenters. The summed E-state index contributed by atoms with van der Waals surface area (Å²) in [5.74, 6) is -0.936. The number of aryl methyl sites for hydroxylation is 2. The predicted octanol–water partition coefficient (Wildman–Crippen LogP) is 5.80. The molecule has 1 aliphatic heterocycles. The predicted molar refractivity (Wildman–Crippen MR) is 109 cm³/mol. The Morgan fingerprint density at radius 1 is 1.19 bits per heavy atom. The summed E-state index contributed by atoms with van der Waals surface area (Å²) in [6, 6.07) is 10.2. The number of nitrogens with zero attached hydrogens (tertiary/aromatic N) is 2. The van der Waals surface area contributed by atoms with E-state index >= 15 is 0 Å². The van der Waals surface area contributed by atoms with Crippen LogP contribution in [0.3, 0.4) is 0 Å². The first kappa shape index (κ1) is 18.3. The van der Waals surface area contributed by atoms with Crippen LogP contribution in [0.4, 0.5) is 14.5 Å². The number of H-pyrrole nitrogens is 1. The van der Waals surface area contributed by atoms with Crippen LogP contribution in [0.2, 0.25) is 0 Å². The number of alkyl halides is 2. The van der Waals surface area contributed by atoms with Crippen molar-refractivity contribution in [1.29, 1.82) is 0 Å². The van der Waals surface area contributed by atoms with Gasteiger partial charge in [0.05, 0.1) is 17.6 Å². The van der Waals surface area contributed by atoms with E-state index in [4.69, 9.17) is 4.98 Å². The lowest BCUT2D eigenvalue weighted by Gasteiger charge is -2.21. The summed E-state index contributed by atoms with van der Waals surface area (Å²) < 4.78 is 27.6. The molecule has 0 amide bonds. The van der Waals surface area contributed by atoms with Crippen molar-refractivity contribution >= 4 is 28.5 Å². The van der Waals surface area contributed by atoms with Gasteiger partial charge in [-0.2, -0.15) is 0 Å². The Kier molecular flexibility index (Phi) is 4.62. The molecule has 142 valence electrons. The van der Waals surface area contributed by atoms with Gasteiger partial charge in [-0.05, 0) is 61.1 Å². The number of aromatic amines is 1. The number of hydrogen-bond donors (Lipinski definition) is 1. The number of imidazole rings is 1. The molecule has 0 unspecified atom stereocenters. The van der Waals surface area contributed by atoms with Crippen LogP contribution in [0, 0.1) is 13.8 Å². The molecular weight excluding hydrogens is 364 g/mol. The maximum Gasteiger partial charge on any atom is 0.266 e. The number of hydrogen-bond acceptors (Lipinski definition) is 3. The third kappa shape index (κ3) is 3.55. The first-order valence-corrected chi connectivity index (χ1v) is 10.2. The fourth-order valence-corrected chi connectivity index (χ4v) is 4.27. The van der Waals surface area contributed by atoms with Gasteiger partial charge in [0.1, 0.15) is 5.82 Å². The fraction of sp³-hybridized carbons (Fsp3) is 0.381. The number of halogens is 2. The van der Waals surface area contributed by atoms with Crippen LogP contribution in [0.1, 0.15) is 24.5 Å². The zero-order valence-electron chi connectivity index (χ0n) is 15.8. The fourth-order valence-electron chi connectivity index (χ4n) is 3.58. The minimum Gasteiger partial charge on any atom is -0.365 e. The average Bonchev–Trinajstić information content (AvgIpc) is 3.18. The number of benzene rings is 2. The Balaban J connectivity index is 1.83. The normalized spacial score (nSPS) is 16.4. The van der Waals surface area contributed by atoms with Crippen LogP contribution in [0.15, 0.2) is 35.2 Å². The molecule has 1 N–H and O–H groups in total. The molecule has 2 heterocycles. The van der Waals surface area contributed by atoms with E-state index in [1.807, 2.05) is 12.1 Å². The van der Waals surface area contributed by atoms with Crippen molar-refractivity contribution in [3.63, 3.8) is 0 Å². The summed E-state index contributed by atoms with van der Waals surface area (Å²) >= 11 is 1.74. The quantitative estimate of drug-likeness (QED) is 0.574. The SMILES string of the molecule is CCSc1ccc(N2CCC(F)(F)C2)c(-c2nc3cc(C)c(C)cc3[nH]2)c1. The minimum atomic E-state index is -2.63. The van der Waals surface area contributed by atoms with Gasteiger partial charge in [-0.1, -0.05) is 6.92 Å². The van der Waals surface area contributed by atoms with E-state index in [1.165, 1.54) is 11.1 Å². The van der Waals surface area contributed by atoms with Crippen molar-refractivity contribution in [1.82, 2.24) is 9.97 Å². The number of anilines is 1. The lowest BCUT2D eigenvalue weighted by molar-refractivity contribution is 0.0257. The lowest BCUT2D eigenvalue weighted by atomic mass is 10.1. The van der Waals surface area contributed by atoms with Crippen LogP contribution in [-0.2, 0) is 0 Å². The average molecular weight is 387 g/mol. The molecule has 0 aliphatic carbocycles. The van der Waals surface area contributed by atoms with E-state index in [1.54, 1.807) is 16.7 Å². The van der Waals surface area contributed by atoms with E-state index in [9.17, 15) is 8.78 Å². The van der Waals surface area contributed by atoms with E-state index < -0.39 is 5.92 Å². The maximum atomic E-state index is 13.8. The summed E-state index contributed by atoms with van der Waals surface area (Å²) in [7, 11) is 0. The Bertz CT molecular complexity index is 958. The third-order valence-electron chi connectivity index (χ3n) is 5.14. The smallest absolute Gasteiger partial charge is 0.266 e. The molecule has 3 nitrogen and oxygen atoms in total. The molecule has 3 aromatic rings. The largest absolute Gasteiger partial charge is 0.365 e. The van der Waals surface area contributed by atoms with Crippen molar-refractivity contribution in [2.45, 2.75) is 38.0 Å². The van der Waals surface area contributed by atoms with Gasteiger partial charge in [-0.3, -0.25) is 0 Å². The molecule has 0 radical (unpaired) electrons. The molecular formula is C21H23F2N3S. The molecule has 2 aromatic carbocycles. The third-order valence-corrected chi connectivity index (χ3v) is 6.02. The minimum absolute atomic E-state index is 0.101. The second kappa shape index (κ2) is 6.82. The van der Waals surface area contributed by atoms with Crippen molar-refractivity contribution < 1.29 is 8.78 Å². The molecule has 0 saturated carbocycles. The van der Waals surface area contributed by atoms with Crippen LogP contribution in [0.5, 0.6) is 0 Å². The van der Waals surface area contributed by atoms with E-state index in [0.29, 0.717) is 6.54 Å². The first-order valence-electron chi connectivity index (χ1n) is 9.23. The van der Waals surface area contributed by atoms with Crippen LogP contribution in [-0.4, -0.2) is 34.7 Å². The lowest BCUT2D eigenvalue weighted by Crippen LogP contribution is -2.25. The molecule has 1 fully saturated rings. The molecule has 0 bridgehead atoms. The van der Waals surface area contributed by atoms with Crippen molar-refractivity contribution in [3.8, 4) is 11.4 Å². The molecule has 4 rings (SSSR count). The highest BCUT2D eigenvalue weighted by Crippen LogP contribution is 2.38. The topological polar surface area (TPSA) is 31.9 Å². The highest BCUT2D eigenvalue weighted by molar-refractivity contribution is 7.99. The molecule has 27 heavy (non-hydrogen) atoms. The summed E-state index contributed by atoms with van der Waals surface area (Å²) in [4.78, 5) is 11.1. The van der Waals surface area contributed by atoms with Crippen molar-refractivity contribution in [2.24, 2.45) is 0 Å². The van der Waals surface area contributed by atoms with Gasteiger partial charge in [-0.25, -0.2) is 13.8 Å². The van der Waals surface area contributed by atoms with Gasteiger partial charge in [0.2, 0.25) is 0 Å². The van der Waals surface area contributed by atoms with Crippen LogP contribution < -0.4 is 4.90 Å². The molecule has 1 aliphatic rings. The standard InChI is InChI=1S/C21H23F2N3S/c1-4-27-15-5-6-19(26-8-7-21(22,23)12-26)16(11-15)20-24-17-9-13(2)14(3)10-18(17)25-20/h5-6,9-11H,4,7-8,12H2,1-3H3,(H,24,25). The molecule has 0 spiro atoms. The van der Waals surface area contributed by atoms with Crippen molar-refractivity contribution in [3.05, 3.63) is 41.5 Å². The molecule has 1 saturated heterocycles. The first-order chi connectivity index (χ1) is 12.9. The van der Waals surface area contributed by atoms with Gasteiger partial charge >= 0.3 is 0 Å². The van der Waals surface area contributed by atoms with Gasteiger partial charge in [0, 0.05) is 29.1 Å². The second-order valence-corrected chi connectivity index (χ2v) is 8.52. The Hall–Kier alpha value is -2.08. The van der Waals surface area contributed by atoms with Crippen LogP contribution >= 0.6 is 11.8 Å². The van der Waals surface area contributed by atoms with Gasteiger partial charge < -0.3 is 9.88 Å². The Labute approximate surface area is 162 Å². The number of fused-ring (bicyclic) bond motifs is 1. The van der Waals surface area contributed by atoms with Gasteiger partial charge in [0.25, 0.3) is 5.92 Å². The molecule has 1 aromatic heterocycles.